The number of phenolic OH excluding ortho intramolecular Hbond substituents is 3. The van der Waals surface area contributed by atoms with Crippen LogP contribution >= 0.6 is 34.0 Å². The molecule has 0 aliphatic heterocycles. The zero-order valence-electron chi connectivity index (χ0n) is 43.1. The van der Waals surface area contributed by atoms with Crippen molar-refractivity contribution in [2.24, 2.45) is 0 Å². The van der Waals surface area contributed by atoms with Crippen LogP contribution in [0.1, 0.15) is 0 Å². The molecule has 0 radical (unpaired) electrons. The average molecular weight is 1190 g/mol. The van der Waals surface area contributed by atoms with Gasteiger partial charge < -0.3 is 15.3 Å². The van der Waals surface area contributed by atoms with Gasteiger partial charge in [0.05, 0.1) is 47.3 Å². The number of hydrogen-bond donors (Lipinski definition) is 3. The second-order valence-electron chi connectivity index (χ2n) is 18.8. The maximum absolute atomic E-state index is 10.4. The zero-order valence-corrected chi connectivity index (χ0v) is 51.5. The van der Waals surface area contributed by atoms with Gasteiger partial charge in [-0.3, -0.25) is 0 Å². The summed E-state index contributed by atoms with van der Waals surface area (Å²) >= 11 is 4.80. The fourth-order valence-corrected chi connectivity index (χ4v) is 12.7. The Labute approximate surface area is 499 Å². The van der Waals surface area contributed by atoms with E-state index in [-0.39, 0.29) is 56.2 Å². The minimum Gasteiger partial charge on any atom is -0.507 e. The van der Waals surface area contributed by atoms with Gasteiger partial charge in [-0.05, 0) is 157 Å². The molecule has 12 aromatic carbocycles. The van der Waals surface area contributed by atoms with Crippen LogP contribution in [0.15, 0.2) is 255 Å². The van der Waals surface area contributed by atoms with Crippen LogP contribution < -0.4 is 0 Å². The van der Waals surface area contributed by atoms with Gasteiger partial charge in [0.1, 0.15) is 32.3 Å². The molecule has 3 heterocycles. The number of fused-ring (bicyclic) bond motifs is 6. The molecular weight excluding hydrogens is 1150 g/mol. The summed E-state index contributed by atoms with van der Waals surface area (Å²) in [5.74, 6) is 0.774. The number of hydrogen-bond acceptors (Lipinski definition) is 9. The molecule has 0 atom stereocenters. The van der Waals surface area contributed by atoms with Crippen LogP contribution in [0.5, 0.6) is 17.2 Å². The van der Waals surface area contributed by atoms with Gasteiger partial charge in [-0.2, -0.15) is 0 Å². The predicted octanol–water partition coefficient (Wildman–Crippen LogP) is 19.5. The van der Waals surface area contributed by atoms with Crippen molar-refractivity contribution >= 4 is 97.0 Å². The van der Waals surface area contributed by atoms with Gasteiger partial charge in [0.15, 0.2) is 0 Å². The van der Waals surface area contributed by atoms with E-state index >= 15 is 0 Å². The van der Waals surface area contributed by atoms with E-state index in [1.807, 2.05) is 109 Å². The van der Waals surface area contributed by atoms with Crippen molar-refractivity contribution < 1.29 is 54.3 Å². The van der Waals surface area contributed by atoms with Gasteiger partial charge in [-0.15, -0.1) is 34.0 Å². The molecule has 0 fully saturated rings. The van der Waals surface area contributed by atoms with Crippen LogP contribution in [0.3, 0.4) is 0 Å². The Morgan fingerprint density at radius 3 is 0.762 bits per heavy atom. The first-order valence-electron chi connectivity index (χ1n) is 25.4. The van der Waals surface area contributed by atoms with Crippen molar-refractivity contribution in [3.05, 3.63) is 255 Å². The first kappa shape index (κ1) is 53.7. The molecule has 3 N–H and O–H groups in total. The van der Waals surface area contributed by atoms with Gasteiger partial charge in [0.25, 0.3) is 0 Å². The third-order valence-electron chi connectivity index (χ3n) is 13.8. The van der Waals surface area contributed by atoms with Crippen molar-refractivity contribution in [1.29, 1.82) is 0 Å². The number of nitrogens with zero attached hydrogens (tertiary/aromatic N) is 3. The summed E-state index contributed by atoms with van der Waals surface area (Å²) in [5, 5.41) is 41.0. The van der Waals surface area contributed by atoms with Crippen molar-refractivity contribution in [3.63, 3.8) is 0 Å². The molecular formula is C69H45N3O3S3Zn2. The number of benzene rings is 12. The van der Waals surface area contributed by atoms with Gasteiger partial charge in [-0.1, -0.05) is 164 Å². The van der Waals surface area contributed by atoms with Crippen molar-refractivity contribution in [2.45, 2.75) is 0 Å². The fourth-order valence-electron chi connectivity index (χ4n) is 9.73. The molecule has 6 nitrogen and oxygen atoms in total. The molecule has 80 heavy (non-hydrogen) atoms. The standard InChI is InChI=1S/3C23H15NOS.2Zn/c3*25-21-12-11-18(17-10-9-15-5-1-2-6-16(15)13-17)14-19(21)23-24-20-7-3-4-8-22(20)26-23;;/h3*1-14,25H;;. The van der Waals surface area contributed by atoms with Gasteiger partial charge in [0, 0.05) is 39.0 Å². The summed E-state index contributed by atoms with van der Waals surface area (Å²) in [7, 11) is 0. The van der Waals surface area contributed by atoms with Crippen molar-refractivity contribution in [1.82, 2.24) is 15.0 Å². The van der Waals surface area contributed by atoms with Crippen LogP contribution in [-0.2, 0) is 39.0 Å². The average Bonchev–Trinajstić information content (AvgIpc) is 4.39. The maximum Gasteiger partial charge on any atom is 0.128 e. The molecule has 0 amide bonds. The molecule has 0 aliphatic carbocycles. The Hall–Kier alpha value is -8.26. The third kappa shape index (κ3) is 11.2. The van der Waals surface area contributed by atoms with Gasteiger partial charge >= 0.3 is 0 Å². The smallest absolute Gasteiger partial charge is 0.128 e. The summed E-state index contributed by atoms with van der Waals surface area (Å²) in [6.45, 7) is 0. The molecule has 0 bridgehead atoms. The summed E-state index contributed by atoms with van der Waals surface area (Å²) in [5.41, 5.74) is 11.8. The third-order valence-corrected chi connectivity index (χ3v) is 17.0. The van der Waals surface area contributed by atoms with Gasteiger partial charge in [0.2, 0.25) is 0 Å². The fraction of sp³-hybridized carbons (Fsp3) is 0. The maximum atomic E-state index is 10.4. The molecule has 0 aliphatic rings. The molecule has 0 saturated heterocycles. The summed E-state index contributed by atoms with van der Waals surface area (Å²) in [6, 6.07) is 85.7. The second kappa shape index (κ2) is 23.6. The van der Waals surface area contributed by atoms with Crippen molar-refractivity contribution in [3.8, 4) is 82.3 Å². The molecule has 3 aromatic heterocycles. The monoisotopic (exact) mass is 1190 g/mol. The quantitative estimate of drug-likeness (QED) is 0.144. The molecule has 15 rings (SSSR count). The molecule has 0 unspecified atom stereocenters. The topological polar surface area (TPSA) is 99.4 Å². The minimum atomic E-state index is 0. The van der Waals surface area contributed by atoms with Crippen LogP contribution in [0.25, 0.3) is 128 Å². The van der Waals surface area contributed by atoms with E-state index in [0.29, 0.717) is 0 Å². The summed E-state index contributed by atoms with van der Waals surface area (Å²) < 4.78 is 3.37. The Kier molecular flexibility index (Phi) is 15.8. The first-order chi connectivity index (χ1) is 38.3. The zero-order chi connectivity index (χ0) is 52.5. The van der Waals surface area contributed by atoms with E-state index in [1.54, 1.807) is 52.2 Å². The van der Waals surface area contributed by atoms with Gasteiger partial charge in [-0.25, -0.2) is 15.0 Å². The first-order valence-corrected chi connectivity index (χ1v) is 27.8. The molecule has 0 saturated carbocycles. The van der Waals surface area contributed by atoms with E-state index in [2.05, 4.69) is 142 Å². The Morgan fingerprint density at radius 2 is 0.475 bits per heavy atom. The SMILES string of the molecule is Oc1ccc(-c2ccc3ccccc3c2)cc1-c1nc2ccccc2s1.Oc1ccc(-c2ccc3ccccc3c2)cc1-c1nc2ccccc2s1.Oc1ccc(-c2ccc3ccccc3c2)cc1-c1nc2ccccc2s1.[Zn].[Zn]. The largest absolute Gasteiger partial charge is 0.507 e. The van der Waals surface area contributed by atoms with Crippen molar-refractivity contribution in [2.75, 3.05) is 0 Å². The van der Waals surface area contributed by atoms with E-state index in [1.165, 1.54) is 32.3 Å². The summed E-state index contributed by atoms with van der Waals surface area (Å²) in [4.78, 5) is 14.1. The molecule has 376 valence electrons. The predicted molar refractivity (Wildman–Crippen MR) is 329 cm³/mol. The number of thiazole rings is 3. The van der Waals surface area contributed by atoms with Crippen LogP contribution in [-0.4, -0.2) is 30.3 Å². The van der Waals surface area contributed by atoms with Crippen LogP contribution in [0, 0.1) is 0 Å². The summed E-state index contributed by atoms with van der Waals surface area (Å²) in [6.07, 6.45) is 0. The number of para-hydroxylation sites is 3. The van der Waals surface area contributed by atoms with E-state index in [9.17, 15) is 15.3 Å². The second-order valence-corrected chi connectivity index (χ2v) is 21.9. The Morgan fingerprint density at radius 1 is 0.237 bits per heavy atom. The Balaban J connectivity index is 0.000000125. The number of phenols is 3. The van der Waals surface area contributed by atoms with E-state index < -0.39 is 0 Å². The van der Waals surface area contributed by atoms with E-state index in [0.717, 1.165) is 95.7 Å². The normalized spacial score (nSPS) is 10.9. The number of aromatic nitrogens is 3. The van der Waals surface area contributed by atoms with Crippen LogP contribution in [0.4, 0.5) is 0 Å². The molecule has 15 aromatic rings. The van der Waals surface area contributed by atoms with E-state index in [4.69, 9.17) is 0 Å². The Bertz CT molecular complexity index is 4150. The minimum absolute atomic E-state index is 0. The number of rotatable bonds is 6. The molecule has 11 heteroatoms. The number of aromatic hydroxyl groups is 3. The van der Waals surface area contributed by atoms with Crippen LogP contribution in [0.2, 0.25) is 0 Å². The molecule has 0 spiro atoms.